The van der Waals surface area contributed by atoms with Gasteiger partial charge in [-0.1, -0.05) is 37.0 Å². The van der Waals surface area contributed by atoms with Crippen LogP contribution in [0, 0.1) is 12.8 Å². The van der Waals surface area contributed by atoms with Gasteiger partial charge in [-0.05, 0) is 92.8 Å². The first kappa shape index (κ1) is 30.9. The van der Waals surface area contributed by atoms with Crippen LogP contribution < -0.4 is 0 Å². The summed E-state index contributed by atoms with van der Waals surface area (Å²) in [6.45, 7) is 8.81. The zero-order valence-corrected chi connectivity index (χ0v) is 25.1. The van der Waals surface area contributed by atoms with Crippen molar-refractivity contribution in [1.82, 2.24) is 14.5 Å². The number of benzene rings is 2. The van der Waals surface area contributed by atoms with Gasteiger partial charge in [0, 0.05) is 24.1 Å². The van der Waals surface area contributed by atoms with Gasteiger partial charge in [0.05, 0.1) is 21.6 Å². The highest BCUT2D eigenvalue weighted by atomic mass is 35.5. The molecular weight excluding hydrogens is 553 g/mol. The Balaban J connectivity index is 0.000000279. The van der Waals surface area contributed by atoms with Crippen LogP contribution in [-0.2, 0) is 19.6 Å². The lowest BCUT2D eigenvalue weighted by molar-refractivity contribution is -0.137. The van der Waals surface area contributed by atoms with Gasteiger partial charge in [0.25, 0.3) is 0 Å². The van der Waals surface area contributed by atoms with E-state index in [1.165, 1.54) is 38.4 Å². The summed E-state index contributed by atoms with van der Waals surface area (Å²) in [5.74, 6) is 1.46. The highest BCUT2D eigenvalue weighted by Crippen LogP contribution is 2.35. The van der Waals surface area contributed by atoms with Crippen LogP contribution >= 0.6 is 32.4 Å². The minimum absolute atomic E-state index is 0.186. The molecule has 0 amide bonds. The van der Waals surface area contributed by atoms with Crippen molar-refractivity contribution >= 4 is 49.8 Å². The number of carbonyl (C=O) groups excluding carboxylic acids is 1. The molecule has 208 valence electrons. The van der Waals surface area contributed by atoms with Gasteiger partial charge in [0.2, 0.25) is 0 Å². The van der Waals surface area contributed by atoms with E-state index in [0.717, 1.165) is 18.1 Å². The predicted molar refractivity (Wildman–Crippen MR) is 154 cm³/mol. The molecule has 1 saturated heterocycles. The van der Waals surface area contributed by atoms with Crippen LogP contribution in [0.1, 0.15) is 66.0 Å². The molecule has 0 N–H and O–H groups in total. The van der Waals surface area contributed by atoms with Crippen molar-refractivity contribution in [3.8, 4) is 0 Å². The van der Waals surface area contributed by atoms with Crippen molar-refractivity contribution in [2.45, 2.75) is 57.8 Å². The van der Waals surface area contributed by atoms with Gasteiger partial charge in [0.15, 0.2) is 6.29 Å². The summed E-state index contributed by atoms with van der Waals surface area (Å²) in [5.41, 5.74) is 1.34. The van der Waals surface area contributed by atoms with Crippen molar-refractivity contribution in [2.75, 3.05) is 20.1 Å². The second-order valence-corrected chi connectivity index (χ2v) is 13.3. The molecule has 1 fully saturated rings. The molecule has 4 rings (SSSR count). The van der Waals surface area contributed by atoms with Gasteiger partial charge < -0.3 is 9.47 Å². The Labute approximate surface area is 235 Å². The number of aryl methyl sites for hydroxylation is 2. The standard InChI is InChI=1S/C18H13Cl2F3N2O.C10H22NP/c1-9-5-11(18(21,22)23)6-14-17(9)24-15(25(14)2)7-12-13(19)4-3-10(8-26)16(12)20;1-10(2,12)8-9-4-6-11(3)7-5-9/h3-6,8H,7H2,1-2H3;9H,4-8,12H2,1-3H3. The molecule has 2 heterocycles. The zero-order valence-electron chi connectivity index (χ0n) is 22.4. The molecule has 1 unspecified atom stereocenters. The third-order valence-electron chi connectivity index (χ3n) is 6.93. The van der Waals surface area contributed by atoms with Gasteiger partial charge >= 0.3 is 6.18 Å². The molecule has 4 nitrogen and oxygen atoms in total. The maximum atomic E-state index is 13.1. The topological polar surface area (TPSA) is 38.1 Å². The number of aldehydes is 1. The summed E-state index contributed by atoms with van der Waals surface area (Å²) in [5, 5.41) is 1.02. The molecule has 1 aromatic heterocycles. The van der Waals surface area contributed by atoms with Crippen LogP contribution in [0.2, 0.25) is 10.0 Å². The number of piperidine rings is 1. The summed E-state index contributed by atoms with van der Waals surface area (Å²) in [6.07, 6.45) is 0.532. The fourth-order valence-electron chi connectivity index (χ4n) is 4.86. The smallest absolute Gasteiger partial charge is 0.331 e. The van der Waals surface area contributed by atoms with Gasteiger partial charge in [-0.3, -0.25) is 4.79 Å². The molecule has 0 spiro atoms. The maximum Gasteiger partial charge on any atom is 0.416 e. The Morgan fingerprint density at radius 1 is 1.13 bits per heavy atom. The molecule has 38 heavy (non-hydrogen) atoms. The molecule has 0 aliphatic carbocycles. The zero-order chi connectivity index (χ0) is 28.4. The van der Waals surface area contributed by atoms with E-state index in [0.29, 0.717) is 50.0 Å². The van der Waals surface area contributed by atoms with E-state index in [9.17, 15) is 18.0 Å². The summed E-state index contributed by atoms with van der Waals surface area (Å²) in [4.78, 5) is 18.0. The lowest BCUT2D eigenvalue weighted by atomic mass is 9.88. The number of imidazole rings is 1. The SMILES string of the molecule is CN1CCC(CC(C)(C)P)CC1.Cc1cc(C(F)(F)F)cc2c1nc(Cc1c(Cl)ccc(C=O)c1Cl)n2C. The predicted octanol–water partition coefficient (Wildman–Crippen LogP) is 7.98. The molecule has 0 saturated carbocycles. The van der Waals surface area contributed by atoms with Crippen molar-refractivity contribution in [3.05, 3.63) is 62.4 Å². The van der Waals surface area contributed by atoms with Gasteiger partial charge in [-0.15, -0.1) is 9.24 Å². The first-order chi connectivity index (χ1) is 17.6. The highest BCUT2D eigenvalue weighted by molar-refractivity contribution is 7.18. The normalized spacial score (nSPS) is 15.4. The fourth-order valence-corrected chi connectivity index (χ4v) is 5.75. The van der Waals surface area contributed by atoms with Crippen LogP contribution in [-0.4, -0.2) is 46.0 Å². The van der Waals surface area contributed by atoms with Crippen molar-refractivity contribution < 1.29 is 18.0 Å². The van der Waals surface area contributed by atoms with Gasteiger partial charge in [-0.25, -0.2) is 4.98 Å². The molecule has 0 bridgehead atoms. The van der Waals surface area contributed by atoms with Crippen LogP contribution in [0.3, 0.4) is 0 Å². The Morgan fingerprint density at radius 3 is 2.32 bits per heavy atom. The van der Waals surface area contributed by atoms with E-state index in [-0.39, 0.29) is 11.4 Å². The average molecular weight is 588 g/mol. The van der Waals surface area contributed by atoms with Crippen LogP contribution in [0.15, 0.2) is 24.3 Å². The number of hydrogen-bond donors (Lipinski definition) is 0. The Morgan fingerprint density at radius 2 is 1.76 bits per heavy atom. The fraction of sp³-hybridized carbons (Fsp3) is 0.500. The Bertz CT molecular complexity index is 1290. The molecule has 0 radical (unpaired) electrons. The van der Waals surface area contributed by atoms with E-state index >= 15 is 0 Å². The van der Waals surface area contributed by atoms with E-state index in [1.54, 1.807) is 24.6 Å². The Kier molecular flexibility index (Phi) is 9.95. The quantitative estimate of drug-likeness (QED) is 0.224. The average Bonchev–Trinajstić information content (AvgIpc) is 3.13. The van der Waals surface area contributed by atoms with E-state index < -0.39 is 11.7 Å². The molecule has 3 aromatic rings. The van der Waals surface area contributed by atoms with Gasteiger partial charge in [0.1, 0.15) is 5.82 Å². The number of carbonyl (C=O) groups is 1. The third-order valence-corrected chi connectivity index (χ3v) is 7.96. The molecule has 2 aromatic carbocycles. The van der Waals surface area contributed by atoms with E-state index in [1.807, 2.05) is 0 Å². The van der Waals surface area contributed by atoms with E-state index in [2.05, 4.69) is 40.0 Å². The minimum Gasteiger partial charge on any atom is -0.331 e. The monoisotopic (exact) mass is 587 g/mol. The lowest BCUT2D eigenvalue weighted by Gasteiger charge is -2.32. The summed E-state index contributed by atoms with van der Waals surface area (Å²) in [6, 6.07) is 5.22. The number of hydrogen-bond acceptors (Lipinski definition) is 3. The first-order valence-electron chi connectivity index (χ1n) is 12.5. The molecule has 10 heteroatoms. The van der Waals surface area contributed by atoms with Gasteiger partial charge in [-0.2, -0.15) is 13.2 Å². The first-order valence-corrected chi connectivity index (χ1v) is 13.9. The number of likely N-dealkylation sites (tertiary alicyclic amines) is 1. The van der Waals surface area contributed by atoms with Crippen molar-refractivity contribution in [2.24, 2.45) is 13.0 Å². The number of alkyl halides is 3. The number of rotatable bonds is 5. The van der Waals surface area contributed by atoms with E-state index in [4.69, 9.17) is 23.2 Å². The molecule has 1 aliphatic heterocycles. The molecule has 1 aliphatic rings. The van der Waals surface area contributed by atoms with Crippen LogP contribution in [0.25, 0.3) is 11.0 Å². The van der Waals surface area contributed by atoms with Crippen molar-refractivity contribution in [3.63, 3.8) is 0 Å². The minimum atomic E-state index is -4.44. The molecule has 1 atom stereocenters. The second-order valence-electron chi connectivity index (χ2n) is 10.9. The summed E-state index contributed by atoms with van der Waals surface area (Å²) < 4.78 is 40.8. The maximum absolute atomic E-state index is 13.1. The third kappa shape index (κ3) is 7.71. The summed E-state index contributed by atoms with van der Waals surface area (Å²) in [7, 11) is 6.82. The van der Waals surface area contributed by atoms with Crippen molar-refractivity contribution in [1.29, 1.82) is 0 Å². The number of nitrogens with zero attached hydrogens (tertiary/aromatic N) is 3. The van der Waals surface area contributed by atoms with Crippen LogP contribution in [0.5, 0.6) is 0 Å². The highest BCUT2D eigenvalue weighted by Gasteiger charge is 2.32. The largest absolute Gasteiger partial charge is 0.416 e. The number of fused-ring (bicyclic) bond motifs is 1. The second kappa shape index (κ2) is 12.2. The number of aromatic nitrogens is 2. The van der Waals surface area contributed by atoms with Crippen LogP contribution in [0.4, 0.5) is 13.2 Å². The number of halogens is 5. The Hall–Kier alpha value is -1.66. The lowest BCUT2D eigenvalue weighted by Crippen LogP contribution is -2.32. The summed E-state index contributed by atoms with van der Waals surface area (Å²) >= 11 is 12.4. The molecular formula is C28H35Cl2F3N3OP.